The van der Waals surface area contributed by atoms with Crippen molar-refractivity contribution in [3.63, 3.8) is 0 Å². The van der Waals surface area contributed by atoms with E-state index in [4.69, 9.17) is 0 Å². The van der Waals surface area contributed by atoms with Gasteiger partial charge in [-0.15, -0.1) is 0 Å². The topological polar surface area (TPSA) is 28.2 Å². The number of thioether (sulfide) groups is 1. The van der Waals surface area contributed by atoms with Gasteiger partial charge in [-0.2, -0.15) is 11.8 Å². The second-order valence-corrected chi connectivity index (χ2v) is 5.51. The Morgan fingerprint density at radius 1 is 1.41 bits per heavy atom. The van der Waals surface area contributed by atoms with Crippen LogP contribution in [0.3, 0.4) is 0 Å². The molecule has 17 heavy (non-hydrogen) atoms. The Labute approximate surface area is 108 Å². The molecule has 1 saturated heterocycles. The molecule has 0 unspecified atom stereocenters. The Hall–Kier alpha value is -0.740. The van der Waals surface area contributed by atoms with Gasteiger partial charge < -0.3 is 10.2 Å². The van der Waals surface area contributed by atoms with Crippen LogP contribution in [0.1, 0.15) is 18.9 Å². The quantitative estimate of drug-likeness (QED) is 0.812. The summed E-state index contributed by atoms with van der Waals surface area (Å²) < 4.78 is 0. The van der Waals surface area contributed by atoms with E-state index in [1.807, 2.05) is 24.2 Å². The fourth-order valence-electron chi connectivity index (χ4n) is 2.05. The first-order chi connectivity index (χ1) is 8.42. The summed E-state index contributed by atoms with van der Waals surface area (Å²) in [4.78, 5) is 6.74. The van der Waals surface area contributed by atoms with Crippen molar-refractivity contribution in [1.82, 2.24) is 10.3 Å². The highest BCUT2D eigenvalue weighted by atomic mass is 32.2. The van der Waals surface area contributed by atoms with E-state index < -0.39 is 0 Å². The van der Waals surface area contributed by atoms with Crippen LogP contribution < -0.4 is 10.2 Å². The van der Waals surface area contributed by atoms with Gasteiger partial charge in [0.15, 0.2) is 0 Å². The highest BCUT2D eigenvalue weighted by Gasteiger charge is 2.14. The minimum Gasteiger partial charge on any atom is -0.368 e. The molecule has 1 aliphatic rings. The summed E-state index contributed by atoms with van der Waals surface area (Å²) in [5.74, 6) is 2.47. The first-order valence-corrected chi connectivity index (χ1v) is 7.53. The van der Waals surface area contributed by atoms with Crippen LogP contribution in [-0.2, 0) is 6.54 Å². The van der Waals surface area contributed by atoms with Gasteiger partial charge >= 0.3 is 0 Å². The van der Waals surface area contributed by atoms with Crippen molar-refractivity contribution in [2.75, 3.05) is 36.0 Å². The van der Waals surface area contributed by atoms with Gasteiger partial charge in [-0.1, -0.05) is 6.92 Å². The number of nitrogens with zero attached hydrogens (tertiary/aromatic N) is 2. The van der Waals surface area contributed by atoms with E-state index in [-0.39, 0.29) is 0 Å². The maximum Gasteiger partial charge on any atom is 0.0598 e. The van der Waals surface area contributed by atoms with E-state index in [2.05, 4.69) is 28.2 Å². The molecule has 0 aromatic carbocycles. The number of anilines is 1. The molecule has 1 N–H and O–H groups in total. The van der Waals surface area contributed by atoms with Crippen molar-refractivity contribution >= 4 is 17.4 Å². The normalized spacial score (nSPS) is 16.2. The molecule has 94 valence electrons. The van der Waals surface area contributed by atoms with E-state index in [1.54, 1.807) is 0 Å². The van der Waals surface area contributed by atoms with Gasteiger partial charge in [-0.25, -0.2) is 0 Å². The standard InChI is InChI=1S/C13H21N3S/c1-2-4-14-10-12-3-5-15-11-13(12)16-6-8-17-9-7-16/h3,5,11,14H,2,4,6-10H2,1H3. The van der Waals surface area contributed by atoms with Gasteiger partial charge in [0.05, 0.1) is 11.9 Å². The molecule has 0 aliphatic carbocycles. The van der Waals surface area contributed by atoms with Crippen molar-refractivity contribution in [1.29, 1.82) is 0 Å². The lowest BCUT2D eigenvalue weighted by atomic mass is 10.2. The maximum absolute atomic E-state index is 4.27. The number of hydrogen-bond acceptors (Lipinski definition) is 4. The highest BCUT2D eigenvalue weighted by Crippen LogP contribution is 2.22. The van der Waals surface area contributed by atoms with E-state index in [0.717, 1.165) is 26.2 Å². The number of rotatable bonds is 5. The molecule has 0 bridgehead atoms. The summed E-state index contributed by atoms with van der Waals surface area (Å²) in [7, 11) is 0. The van der Waals surface area contributed by atoms with E-state index in [1.165, 1.54) is 29.2 Å². The molecule has 0 spiro atoms. The molecule has 0 radical (unpaired) electrons. The van der Waals surface area contributed by atoms with Crippen LogP contribution >= 0.6 is 11.8 Å². The molecule has 2 rings (SSSR count). The molecular formula is C13H21N3S. The Kier molecular flexibility index (Phi) is 5.13. The predicted octanol–water partition coefficient (Wildman–Crippen LogP) is 2.13. The molecule has 1 aliphatic heterocycles. The molecule has 4 heteroatoms. The molecular weight excluding hydrogens is 230 g/mol. The van der Waals surface area contributed by atoms with Crippen molar-refractivity contribution in [3.05, 3.63) is 24.0 Å². The second kappa shape index (κ2) is 6.87. The molecule has 0 atom stereocenters. The number of pyridine rings is 1. The van der Waals surface area contributed by atoms with E-state index in [9.17, 15) is 0 Å². The average Bonchev–Trinajstić information content (AvgIpc) is 2.41. The molecule has 1 aromatic rings. The smallest absolute Gasteiger partial charge is 0.0598 e. The molecule has 3 nitrogen and oxygen atoms in total. The van der Waals surface area contributed by atoms with Crippen molar-refractivity contribution in [2.45, 2.75) is 19.9 Å². The zero-order valence-corrected chi connectivity index (χ0v) is 11.3. The van der Waals surface area contributed by atoms with Crippen LogP contribution in [0, 0.1) is 0 Å². The molecule has 0 amide bonds. The van der Waals surface area contributed by atoms with Crippen LogP contribution in [0.15, 0.2) is 18.5 Å². The zero-order chi connectivity index (χ0) is 11.9. The first kappa shape index (κ1) is 12.7. The Balaban J connectivity index is 2.03. The molecule has 2 heterocycles. The predicted molar refractivity (Wildman–Crippen MR) is 75.8 cm³/mol. The van der Waals surface area contributed by atoms with E-state index in [0.29, 0.717) is 0 Å². The number of hydrogen-bond donors (Lipinski definition) is 1. The third kappa shape index (κ3) is 3.61. The lowest BCUT2D eigenvalue weighted by Gasteiger charge is -2.30. The monoisotopic (exact) mass is 251 g/mol. The molecule has 1 fully saturated rings. The van der Waals surface area contributed by atoms with Gasteiger partial charge in [0.25, 0.3) is 0 Å². The molecule has 1 aromatic heterocycles. The fraction of sp³-hybridized carbons (Fsp3) is 0.615. The minimum absolute atomic E-state index is 0.954. The van der Waals surface area contributed by atoms with Gasteiger partial charge in [0.1, 0.15) is 0 Å². The Morgan fingerprint density at radius 3 is 3.00 bits per heavy atom. The Bertz CT molecular complexity index is 337. The van der Waals surface area contributed by atoms with Crippen molar-refractivity contribution < 1.29 is 0 Å². The fourth-order valence-corrected chi connectivity index (χ4v) is 2.96. The minimum atomic E-state index is 0.954. The summed E-state index contributed by atoms with van der Waals surface area (Å²) in [6.45, 7) is 6.53. The number of aromatic nitrogens is 1. The average molecular weight is 251 g/mol. The van der Waals surface area contributed by atoms with Gasteiger partial charge in [0, 0.05) is 37.3 Å². The SMILES string of the molecule is CCCNCc1ccncc1N1CCSCC1. The second-order valence-electron chi connectivity index (χ2n) is 4.28. The van der Waals surface area contributed by atoms with Crippen LogP contribution in [0.4, 0.5) is 5.69 Å². The summed E-state index contributed by atoms with van der Waals surface area (Å²) in [6.07, 6.45) is 5.09. The number of nitrogens with one attached hydrogen (secondary N) is 1. The lowest BCUT2D eigenvalue weighted by molar-refractivity contribution is 0.672. The van der Waals surface area contributed by atoms with Crippen LogP contribution in [0.2, 0.25) is 0 Å². The maximum atomic E-state index is 4.27. The summed E-state index contributed by atoms with van der Waals surface area (Å²) >= 11 is 2.04. The van der Waals surface area contributed by atoms with Gasteiger partial charge in [-0.3, -0.25) is 4.98 Å². The van der Waals surface area contributed by atoms with Crippen LogP contribution in [-0.4, -0.2) is 36.1 Å². The summed E-state index contributed by atoms with van der Waals surface area (Å²) in [5.41, 5.74) is 2.69. The summed E-state index contributed by atoms with van der Waals surface area (Å²) in [6, 6.07) is 2.14. The Morgan fingerprint density at radius 2 is 2.24 bits per heavy atom. The largest absolute Gasteiger partial charge is 0.368 e. The lowest BCUT2D eigenvalue weighted by Crippen LogP contribution is -2.33. The van der Waals surface area contributed by atoms with Gasteiger partial charge in [-0.05, 0) is 24.6 Å². The summed E-state index contributed by atoms with van der Waals surface area (Å²) in [5, 5.41) is 3.47. The molecule has 0 saturated carbocycles. The third-order valence-electron chi connectivity index (χ3n) is 2.98. The van der Waals surface area contributed by atoms with Crippen molar-refractivity contribution in [3.8, 4) is 0 Å². The highest BCUT2D eigenvalue weighted by molar-refractivity contribution is 7.99. The van der Waals surface area contributed by atoms with Crippen LogP contribution in [0.25, 0.3) is 0 Å². The third-order valence-corrected chi connectivity index (χ3v) is 3.92. The zero-order valence-electron chi connectivity index (χ0n) is 10.5. The van der Waals surface area contributed by atoms with E-state index >= 15 is 0 Å². The van der Waals surface area contributed by atoms with Gasteiger partial charge in [0.2, 0.25) is 0 Å². The first-order valence-electron chi connectivity index (χ1n) is 6.38. The van der Waals surface area contributed by atoms with Crippen LogP contribution in [0.5, 0.6) is 0 Å². The van der Waals surface area contributed by atoms with Crippen molar-refractivity contribution in [2.24, 2.45) is 0 Å².